The quantitative estimate of drug-likeness (QED) is 0.731. The van der Waals surface area contributed by atoms with E-state index < -0.39 is 12.5 Å². The molecule has 176 valence electrons. The number of likely N-dealkylation sites (tertiary alicyclic amines) is 1. The van der Waals surface area contributed by atoms with Gasteiger partial charge in [0.05, 0.1) is 18.8 Å². The van der Waals surface area contributed by atoms with Gasteiger partial charge in [0.2, 0.25) is 5.91 Å². The molecule has 2 aromatic carbocycles. The van der Waals surface area contributed by atoms with Crippen LogP contribution in [0.5, 0.6) is 11.5 Å². The summed E-state index contributed by atoms with van der Waals surface area (Å²) in [5, 5.41) is 2.66. The van der Waals surface area contributed by atoms with Crippen molar-refractivity contribution in [3.63, 3.8) is 0 Å². The van der Waals surface area contributed by atoms with Crippen LogP contribution < -0.4 is 19.7 Å². The number of ether oxygens (including phenoxy) is 2. The molecule has 0 unspecified atom stereocenters. The molecular formula is C23H24F3N3O4. The minimum atomic E-state index is -4.78. The van der Waals surface area contributed by atoms with Gasteiger partial charge in [0.15, 0.2) is 6.10 Å². The predicted octanol–water partition coefficient (Wildman–Crippen LogP) is 3.80. The SMILES string of the molecule is O=C(CN1C[C@H](C(=O)N2CCCCC2)Oc2ccccc21)Nc1ccc(OC(F)(F)F)cc1. The summed E-state index contributed by atoms with van der Waals surface area (Å²) >= 11 is 0. The Morgan fingerprint density at radius 3 is 2.42 bits per heavy atom. The number of carbonyl (C=O) groups is 2. The zero-order valence-electron chi connectivity index (χ0n) is 17.8. The van der Waals surface area contributed by atoms with Crippen molar-refractivity contribution < 1.29 is 32.2 Å². The van der Waals surface area contributed by atoms with Gasteiger partial charge in [-0.2, -0.15) is 0 Å². The van der Waals surface area contributed by atoms with Crippen molar-refractivity contribution in [2.75, 3.05) is 36.4 Å². The highest BCUT2D eigenvalue weighted by atomic mass is 19.4. The van der Waals surface area contributed by atoms with E-state index in [1.165, 1.54) is 12.1 Å². The van der Waals surface area contributed by atoms with Gasteiger partial charge < -0.3 is 24.6 Å². The van der Waals surface area contributed by atoms with E-state index in [4.69, 9.17) is 4.74 Å². The van der Waals surface area contributed by atoms with Gasteiger partial charge in [0, 0.05) is 18.8 Å². The number of fused-ring (bicyclic) bond motifs is 1. The van der Waals surface area contributed by atoms with E-state index in [-0.39, 0.29) is 30.7 Å². The van der Waals surface area contributed by atoms with Crippen LogP contribution in [-0.2, 0) is 9.59 Å². The molecule has 0 saturated carbocycles. The molecule has 1 N–H and O–H groups in total. The Labute approximate surface area is 189 Å². The first kappa shape index (κ1) is 22.8. The van der Waals surface area contributed by atoms with Crippen molar-refractivity contribution in [2.24, 2.45) is 0 Å². The molecule has 0 aromatic heterocycles. The van der Waals surface area contributed by atoms with E-state index in [0.717, 1.165) is 31.4 Å². The third-order valence-electron chi connectivity index (χ3n) is 5.51. The molecule has 33 heavy (non-hydrogen) atoms. The predicted molar refractivity (Wildman–Crippen MR) is 115 cm³/mol. The Morgan fingerprint density at radius 1 is 1.03 bits per heavy atom. The van der Waals surface area contributed by atoms with E-state index in [1.54, 1.807) is 17.0 Å². The zero-order chi connectivity index (χ0) is 23.4. The highest BCUT2D eigenvalue weighted by Gasteiger charge is 2.34. The monoisotopic (exact) mass is 463 g/mol. The number of halogens is 3. The Morgan fingerprint density at radius 2 is 1.73 bits per heavy atom. The van der Waals surface area contributed by atoms with E-state index in [0.29, 0.717) is 30.2 Å². The minimum absolute atomic E-state index is 0.0506. The summed E-state index contributed by atoms with van der Waals surface area (Å²) in [6, 6.07) is 12.1. The smallest absolute Gasteiger partial charge is 0.477 e. The van der Waals surface area contributed by atoms with Gasteiger partial charge in [-0.05, 0) is 55.7 Å². The number of carbonyl (C=O) groups excluding carboxylic acids is 2. The summed E-state index contributed by atoms with van der Waals surface area (Å²) in [7, 11) is 0. The Hall–Kier alpha value is -3.43. The van der Waals surface area contributed by atoms with E-state index >= 15 is 0 Å². The van der Waals surface area contributed by atoms with Crippen LogP contribution in [-0.4, -0.2) is 55.4 Å². The molecule has 4 rings (SSSR count). The van der Waals surface area contributed by atoms with Crippen molar-refractivity contribution >= 4 is 23.2 Å². The van der Waals surface area contributed by atoms with E-state index in [2.05, 4.69) is 10.1 Å². The second-order valence-electron chi connectivity index (χ2n) is 7.96. The molecule has 2 aliphatic rings. The number of benzene rings is 2. The van der Waals surface area contributed by atoms with Gasteiger partial charge >= 0.3 is 6.36 Å². The number of nitrogens with zero attached hydrogens (tertiary/aromatic N) is 2. The number of hydrogen-bond acceptors (Lipinski definition) is 5. The third-order valence-corrected chi connectivity index (χ3v) is 5.51. The van der Waals surface area contributed by atoms with Gasteiger partial charge in [0.1, 0.15) is 11.5 Å². The molecule has 2 aliphatic heterocycles. The molecule has 10 heteroatoms. The third kappa shape index (κ3) is 5.88. The minimum Gasteiger partial charge on any atom is -0.477 e. The van der Waals surface area contributed by atoms with Gasteiger partial charge in [0.25, 0.3) is 5.91 Å². The molecule has 7 nitrogen and oxygen atoms in total. The average molecular weight is 463 g/mol. The number of piperidine rings is 1. The lowest BCUT2D eigenvalue weighted by Crippen LogP contribution is -2.52. The number of hydrogen-bond donors (Lipinski definition) is 1. The standard InChI is InChI=1S/C23H24F3N3O4/c24-23(25,26)33-17-10-8-16(9-11-17)27-21(30)15-29-14-20(22(31)28-12-4-1-5-13-28)32-19-7-3-2-6-18(19)29/h2-3,6-11,20H,1,4-5,12-15H2,(H,27,30)/t20-/m1/s1. The maximum absolute atomic E-state index is 13.0. The lowest BCUT2D eigenvalue weighted by Gasteiger charge is -2.38. The van der Waals surface area contributed by atoms with Crippen molar-refractivity contribution in [1.29, 1.82) is 0 Å². The van der Waals surface area contributed by atoms with Crippen LogP contribution in [0.1, 0.15) is 19.3 Å². The Balaban J connectivity index is 1.42. The van der Waals surface area contributed by atoms with E-state index in [9.17, 15) is 22.8 Å². The van der Waals surface area contributed by atoms with Crippen molar-refractivity contribution in [3.8, 4) is 11.5 Å². The molecule has 0 bridgehead atoms. The van der Waals surface area contributed by atoms with Crippen LogP contribution in [0.2, 0.25) is 0 Å². The van der Waals surface area contributed by atoms with Crippen LogP contribution in [0.25, 0.3) is 0 Å². The second kappa shape index (κ2) is 9.60. The highest BCUT2D eigenvalue weighted by Crippen LogP contribution is 2.33. The lowest BCUT2D eigenvalue weighted by atomic mass is 10.1. The molecule has 1 atom stereocenters. The fourth-order valence-electron chi connectivity index (χ4n) is 4.02. The van der Waals surface area contributed by atoms with E-state index in [1.807, 2.05) is 17.0 Å². The summed E-state index contributed by atoms with van der Waals surface area (Å²) in [6.45, 7) is 1.58. The molecule has 2 heterocycles. The summed E-state index contributed by atoms with van der Waals surface area (Å²) in [4.78, 5) is 29.3. The number of amides is 2. The average Bonchev–Trinajstić information content (AvgIpc) is 2.79. The molecular weight excluding hydrogens is 439 g/mol. The fraction of sp³-hybridized carbons (Fsp3) is 0.391. The van der Waals surface area contributed by atoms with Crippen LogP contribution in [0.4, 0.5) is 24.5 Å². The number of para-hydroxylation sites is 2. The Bertz CT molecular complexity index is 991. The summed E-state index contributed by atoms with van der Waals surface area (Å²) in [5.74, 6) is -0.308. The first-order chi connectivity index (χ1) is 15.8. The van der Waals surface area contributed by atoms with Gasteiger partial charge in [-0.1, -0.05) is 12.1 Å². The van der Waals surface area contributed by atoms with Gasteiger partial charge in [-0.15, -0.1) is 13.2 Å². The first-order valence-corrected chi connectivity index (χ1v) is 10.7. The zero-order valence-corrected chi connectivity index (χ0v) is 17.8. The second-order valence-corrected chi connectivity index (χ2v) is 7.96. The number of nitrogens with one attached hydrogen (secondary N) is 1. The number of anilines is 2. The molecule has 0 aliphatic carbocycles. The maximum atomic E-state index is 13.0. The summed E-state index contributed by atoms with van der Waals surface area (Å²) < 4.78 is 46.7. The first-order valence-electron chi connectivity index (χ1n) is 10.7. The Kier molecular flexibility index (Phi) is 6.62. The van der Waals surface area contributed by atoms with Crippen molar-refractivity contribution in [2.45, 2.75) is 31.7 Å². The van der Waals surface area contributed by atoms with Crippen LogP contribution in [0.15, 0.2) is 48.5 Å². The summed E-state index contributed by atoms with van der Waals surface area (Å²) in [5.41, 5.74) is 1.03. The van der Waals surface area contributed by atoms with Crippen LogP contribution >= 0.6 is 0 Å². The van der Waals surface area contributed by atoms with Crippen LogP contribution in [0, 0.1) is 0 Å². The normalized spacial score (nSPS) is 18.2. The summed E-state index contributed by atoms with van der Waals surface area (Å²) in [6.07, 6.45) is -2.46. The lowest BCUT2D eigenvalue weighted by molar-refractivity contribution is -0.274. The topological polar surface area (TPSA) is 71.1 Å². The molecule has 2 amide bonds. The molecule has 1 saturated heterocycles. The largest absolute Gasteiger partial charge is 0.573 e. The van der Waals surface area contributed by atoms with Gasteiger partial charge in [-0.3, -0.25) is 9.59 Å². The molecule has 0 radical (unpaired) electrons. The number of rotatable bonds is 5. The van der Waals surface area contributed by atoms with Gasteiger partial charge in [-0.25, -0.2) is 0 Å². The maximum Gasteiger partial charge on any atom is 0.573 e. The number of alkyl halides is 3. The molecule has 0 spiro atoms. The van der Waals surface area contributed by atoms with Crippen molar-refractivity contribution in [3.05, 3.63) is 48.5 Å². The molecule has 1 fully saturated rings. The van der Waals surface area contributed by atoms with Crippen LogP contribution in [0.3, 0.4) is 0 Å². The highest BCUT2D eigenvalue weighted by molar-refractivity contribution is 5.95. The molecule has 2 aromatic rings. The fourth-order valence-corrected chi connectivity index (χ4v) is 4.02. The van der Waals surface area contributed by atoms with Crippen molar-refractivity contribution in [1.82, 2.24) is 4.90 Å².